The van der Waals surface area contributed by atoms with Gasteiger partial charge in [0.1, 0.15) is 0 Å². The van der Waals surface area contributed by atoms with Crippen LogP contribution in [0.3, 0.4) is 0 Å². The first-order valence-electron chi connectivity index (χ1n) is 6.32. The predicted molar refractivity (Wildman–Crippen MR) is 91.0 cm³/mol. The van der Waals surface area contributed by atoms with E-state index in [9.17, 15) is 0 Å². The quantitative estimate of drug-likeness (QED) is 0.667. The van der Waals surface area contributed by atoms with Gasteiger partial charge in [-0.2, -0.15) is 48.8 Å². The first kappa shape index (κ1) is 17.4. The SMILES string of the molecule is CC(S)COCC1CSC(COCC(C)S)CS1. The summed E-state index contributed by atoms with van der Waals surface area (Å²) in [7, 11) is 0. The zero-order valence-corrected chi connectivity index (χ0v) is 14.5. The Morgan fingerprint density at radius 3 is 1.61 bits per heavy atom. The smallest absolute Gasteiger partial charge is 0.0593 e. The number of rotatable bonds is 8. The van der Waals surface area contributed by atoms with E-state index in [2.05, 4.69) is 39.1 Å². The molecule has 1 heterocycles. The van der Waals surface area contributed by atoms with E-state index in [1.54, 1.807) is 0 Å². The van der Waals surface area contributed by atoms with E-state index in [0.29, 0.717) is 21.0 Å². The highest BCUT2D eigenvalue weighted by Crippen LogP contribution is 2.30. The number of thiol groups is 2. The number of thioether (sulfide) groups is 2. The van der Waals surface area contributed by atoms with Gasteiger partial charge in [-0.05, 0) is 0 Å². The monoisotopic (exact) mass is 328 g/mol. The van der Waals surface area contributed by atoms with E-state index in [4.69, 9.17) is 9.47 Å². The van der Waals surface area contributed by atoms with Gasteiger partial charge in [-0.15, -0.1) is 0 Å². The second-order valence-corrected chi connectivity index (χ2v) is 9.11. The highest BCUT2D eigenvalue weighted by Gasteiger charge is 2.22. The molecule has 0 aromatic carbocycles. The topological polar surface area (TPSA) is 18.5 Å². The summed E-state index contributed by atoms with van der Waals surface area (Å²) in [4.78, 5) is 0. The van der Waals surface area contributed by atoms with Crippen LogP contribution in [0.1, 0.15) is 13.8 Å². The highest BCUT2D eigenvalue weighted by molar-refractivity contribution is 8.07. The lowest BCUT2D eigenvalue weighted by Crippen LogP contribution is -2.29. The molecule has 6 heteroatoms. The van der Waals surface area contributed by atoms with E-state index >= 15 is 0 Å². The van der Waals surface area contributed by atoms with Crippen molar-refractivity contribution in [2.75, 3.05) is 37.9 Å². The minimum atomic E-state index is 0.329. The Balaban J connectivity index is 2.02. The molecule has 0 bridgehead atoms. The van der Waals surface area contributed by atoms with Gasteiger partial charge in [-0.3, -0.25) is 0 Å². The van der Waals surface area contributed by atoms with Crippen LogP contribution in [0.25, 0.3) is 0 Å². The maximum absolute atomic E-state index is 5.63. The lowest BCUT2D eigenvalue weighted by molar-refractivity contribution is 0.138. The number of ether oxygens (including phenoxy) is 2. The minimum Gasteiger partial charge on any atom is -0.379 e. The van der Waals surface area contributed by atoms with E-state index in [1.807, 2.05) is 23.5 Å². The molecule has 0 spiro atoms. The summed E-state index contributed by atoms with van der Waals surface area (Å²) in [5, 5.41) is 1.91. The summed E-state index contributed by atoms with van der Waals surface area (Å²) < 4.78 is 11.3. The molecular formula is C12H24O2S4. The van der Waals surface area contributed by atoms with Crippen molar-refractivity contribution in [3.05, 3.63) is 0 Å². The molecule has 1 aliphatic rings. The fraction of sp³-hybridized carbons (Fsp3) is 1.00. The molecule has 0 aliphatic carbocycles. The van der Waals surface area contributed by atoms with E-state index in [1.165, 1.54) is 0 Å². The molecular weight excluding hydrogens is 304 g/mol. The van der Waals surface area contributed by atoms with Crippen LogP contribution in [-0.2, 0) is 9.47 Å². The highest BCUT2D eigenvalue weighted by atomic mass is 32.2. The first-order chi connectivity index (χ1) is 8.58. The van der Waals surface area contributed by atoms with Gasteiger partial charge in [-0.1, -0.05) is 13.8 Å². The third kappa shape index (κ3) is 8.48. The van der Waals surface area contributed by atoms with Gasteiger partial charge in [0.15, 0.2) is 0 Å². The van der Waals surface area contributed by atoms with Gasteiger partial charge in [0.25, 0.3) is 0 Å². The van der Waals surface area contributed by atoms with Crippen LogP contribution in [0.5, 0.6) is 0 Å². The van der Waals surface area contributed by atoms with Crippen LogP contribution < -0.4 is 0 Å². The Morgan fingerprint density at radius 1 is 0.944 bits per heavy atom. The zero-order chi connectivity index (χ0) is 13.4. The molecule has 0 aromatic rings. The van der Waals surface area contributed by atoms with Crippen molar-refractivity contribution < 1.29 is 9.47 Å². The lowest BCUT2D eigenvalue weighted by atomic mass is 10.4. The summed E-state index contributed by atoms with van der Waals surface area (Å²) in [6, 6.07) is 0. The Labute approximate surface area is 131 Å². The molecule has 0 aromatic heterocycles. The minimum absolute atomic E-state index is 0.329. The van der Waals surface area contributed by atoms with Gasteiger partial charge in [0.05, 0.1) is 26.4 Å². The second kappa shape index (κ2) is 10.1. The van der Waals surface area contributed by atoms with E-state index in [-0.39, 0.29) is 0 Å². The fourth-order valence-electron chi connectivity index (χ4n) is 1.52. The molecule has 108 valence electrons. The second-order valence-electron chi connectivity index (χ2n) is 4.68. The molecule has 2 nitrogen and oxygen atoms in total. The maximum atomic E-state index is 5.63. The van der Waals surface area contributed by atoms with Crippen molar-refractivity contribution >= 4 is 48.8 Å². The molecule has 4 unspecified atom stereocenters. The van der Waals surface area contributed by atoms with Crippen LogP contribution in [0, 0.1) is 0 Å². The van der Waals surface area contributed by atoms with Crippen molar-refractivity contribution in [3.63, 3.8) is 0 Å². The van der Waals surface area contributed by atoms with Crippen molar-refractivity contribution in [1.82, 2.24) is 0 Å². The van der Waals surface area contributed by atoms with Crippen LogP contribution >= 0.6 is 48.8 Å². The van der Waals surface area contributed by atoms with Gasteiger partial charge in [-0.25, -0.2) is 0 Å². The molecule has 4 atom stereocenters. The predicted octanol–water partition coefficient (Wildman–Crippen LogP) is 2.87. The Kier molecular flexibility index (Phi) is 9.75. The van der Waals surface area contributed by atoms with Crippen molar-refractivity contribution in [2.24, 2.45) is 0 Å². The molecule has 1 aliphatic heterocycles. The standard InChI is InChI=1S/C12H24O2S4/c1-9(15)3-13-5-11-7-18-12(8-17-11)6-14-4-10(2)16/h9-12,15-16H,3-8H2,1-2H3. The number of hydrogen-bond acceptors (Lipinski definition) is 6. The summed E-state index contributed by atoms with van der Waals surface area (Å²) in [6.45, 7) is 7.31. The maximum Gasteiger partial charge on any atom is 0.0593 e. The summed E-state index contributed by atoms with van der Waals surface area (Å²) in [5.74, 6) is 2.33. The third-order valence-electron chi connectivity index (χ3n) is 2.36. The molecule has 0 N–H and O–H groups in total. The summed E-state index contributed by atoms with van der Waals surface area (Å²) in [5.41, 5.74) is 0. The van der Waals surface area contributed by atoms with Crippen LogP contribution in [0.15, 0.2) is 0 Å². The van der Waals surface area contributed by atoms with E-state index in [0.717, 1.165) is 37.9 Å². The van der Waals surface area contributed by atoms with Crippen molar-refractivity contribution in [3.8, 4) is 0 Å². The average Bonchev–Trinajstić information content (AvgIpc) is 2.30. The van der Waals surface area contributed by atoms with E-state index < -0.39 is 0 Å². The largest absolute Gasteiger partial charge is 0.379 e. The average molecular weight is 329 g/mol. The summed E-state index contributed by atoms with van der Waals surface area (Å²) in [6.07, 6.45) is 0. The first-order valence-corrected chi connectivity index (χ1v) is 9.45. The molecule has 1 rings (SSSR count). The third-order valence-corrected chi connectivity index (χ3v) is 5.82. The van der Waals surface area contributed by atoms with Gasteiger partial charge >= 0.3 is 0 Å². The van der Waals surface area contributed by atoms with Crippen LogP contribution in [0.2, 0.25) is 0 Å². The normalized spacial score (nSPS) is 28.0. The molecule has 1 fully saturated rings. The molecule has 18 heavy (non-hydrogen) atoms. The number of hydrogen-bond donors (Lipinski definition) is 2. The van der Waals surface area contributed by atoms with Crippen molar-refractivity contribution in [1.29, 1.82) is 0 Å². The zero-order valence-electron chi connectivity index (χ0n) is 11.1. The van der Waals surface area contributed by atoms with Crippen LogP contribution in [-0.4, -0.2) is 58.9 Å². The van der Waals surface area contributed by atoms with Crippen molar-refractivity contribution in [2.45, 2.75) is 34.8 Å². The Morgan fingerprint density at radius 2 is 1.33 bits per heavy atom. The Hall–Kier alpha value is 1.32. The molecule has 0 saturated carbocycles. The van der Waals surface area contributed by atoms with Gasteiger partial charge in [0.2, 0.25) is 0 Å². The fourth-order valence-corrected chi connectivity index (χ4v) is 4.52. The molecule has 0 amide bonds. The van der Waals surface area contributed by atoms with Crippen LogP contribution in [0.4, 0.5) is 0 Å². The van der Waals surface area contributed by atoms with Gasteiger partial charge < -0.3 is 9.47 Å². The molecule has 1 saturated heterocycles. The lowest BCUT2D eigenvalue weighted by Gasteiger charge is -2.27. The Bertz CT molecular complexity index is 184. The van der Waals surface area contributed by atoms with Gasteiger partial charge in [0, 0.05) is 32.5 Å². The summed E-state index contributed by atoms with van der Waals surface area (Å²) >= 11 is 12.6. The molecule has 0 radical (unpaired) electrons.